The van der Waals surface area contributed by atoms with Crippen LogP contribution in [0.1, 0.15) is 0 Å². The van der Waals surface area contributed by atoms with Gasteiger partial charge in [-0.25, -0.2) is 0 Å². The molecule has 70 valence electrons. The fourth-order valence-corrected chi connectivity index (χ4v) is 1.09. The van der Waals surface area contributed by atoms with Crippen molar-refractivity contribution in [3.8, 4) is 5.75 Å². The minimum atomic E-state index is 0.180. The molecule has 0 heterocycles. The lowest BCUT2D eigenvalue weighted by Crippen LogP contribution is -2.17. The van der Waals surface area contributed by atoms with Crippen LogP contribution in [0.5, 0.6) is 5.75 Å². The number of thiocarbonyl (C=S) groups is 1. The maximum atomic E-state index is 5.82. The van der Waals surface area contributed by atoms with Gasteiger partial charge in [0.15, 0.2) is 0 Å². The van der Waals surface area contributed by atoms with E-state index in [1.165, 1.54) is 0 Å². The molecule has 0 amide bonds. The standard InChI is InChI=1S/C8H9ClN2OS/c9-6-3-5(10)1-2-7(6)12-4-8(11)13/h1-3H,4,10H2,(H2,11,13). The van der Waals surface area contributed by atoms with E-state index in [4.69, 9.17) is 27.8 Å². The van der Waals surface area contributed by atoms with Crippen molar-refractivity contribution in [3.05, 3.63) is 23.2 Å². The summed E-state index contributed by atoms with van der Waals surface area (Å²) in [4.78, 5) is 0.285. The highest BCUT2D eigenvalue weighted by molar-refractivity contribution is 7.80. The zero-order valence-corrected chi connectivity index (χ0v) is 8.36. The van der Waals surface area contributed by atoms with E-state index in [0.29, 0.717) is 16.5 Å². The predicted octanol–water partition coefficient (Wildman–Crippen LogP) is 1.59. The Balaban J connectivity index is 2.72. The van der Waals surface area contributed by atoms with Crippen molar-refractivity contribution in [2.45, 2.75) is 0 Å². The van der Waals surface area contributed by atoms with Gasteiger partial charge in [0, 0.05) is 5.69 Å². The molecule has 0 atom stereocenters. The van der Waals surface area contributed by atoms with Gasteiger partial charge in [0.1, 0.15) is 17.3 Å². The summed E-state index contributed by atoms with van der Waals surface area (Å²) in [7, 11) is 0. The van der Waals surface area contributed by atoms with Crippen molar-refractivity contribution in [3.63, 3.8) is 0 Å². The number of hydrogen-bond donors (Lipinski definition) is 2. The summed E-state index contributed by atoms with van der Waals surface area (Å²) in [5.41, 5.74) is 11.3. The SMILES string of the molecule is NC(=S)COc1ccc(N)cc1Cl. The first-order valence-corrected chi connectivity index (χ1v) is 4.34. The van der Waals surface area contributed by atoms with Gasteiger partial charge in [-0.2, -0.15) is 0 Å². The number of benzene rings is 1. The Morgan fingerprint density at radius 2 is 2.23 bits per heavy atom. The fraction of sp³-hybridized carbons (Fsp3) is 0.125. The normalized spacial score (nSPS) is 9.62. The molecule has 0 aliphatic carbocycles. The fourth-order valence-electron chi connectivity index (χ4n) is 0.783. The van der Waals surface area contributed by atoms with Crippen LogP contribution in [0.4, 0.5) is 5.69 Å². The molecule has 0 aliphatic rings. The number of nitrogens with two attached hydrogens (primary N) is 2. The highest BCUT2D eigenvalue weighted by Gasteiger charge is 2.01. The Hall–Kier alpha value is -1.00. The summed E-state index contributed by atoms with van der Waals surface area (Å²) in [6.45, 7) is 0.180. The molecule has 1 aromatic carbocycles. The van der Waals surface area contributed by atoms with E-state index in [-0.39, 0.29) is 11.6 Å². The zero-order valence-electron chi connectivity index (χ0n) is 6.79. The third-order valence-corrected chi connectivity index (χ3v) is 1.74. The van der Waals surface area contributed by atoms with Crippen LogP contribution < -0.4 is 16.2 Å². The molecule has 0 unspecified atom stereocenters. The Kier molecular flexibility index (Phi) is 3.33. The van der Waals surface area contributed by atoms with Gasteiger partial charge in [0.25, 0.3) is 0 Å². The van der Waals surface area contributed by atoms with Crippen molar-refractivity contribution in [1.29, 1.82) is 0 Å². The molecule has 1 rings (SSSR count). The van der Waals surface area contributed by atoms with Crippen LogP contribution in [-0.4, -0.2) is 11.6 Å². The van der Waals surface area contributed by atoms with E-state index in [2.05, 4.69) is 12.2 Å². The van der Waals surface area contributed by atoms with Crippen molar-refractivity contribution >= 4 is 34.5 Å². The molecule has 0 radical (unpaired) electrons. The van der Waals surface area contributed by atoms with E-state index >= 15 is 0 Å². The Bertz CT molecular complexity index is 330. The Labute approximate surface area is 86.6 Å². The third-order valence-electron chi connectivity index (χ3n) is 1.33. The average Bonchev–Trinajstić information content (AvgIpc) is 2.02. The van der Waals surface area contributed by atoms with Crippen LogP contribution in [0.25, 0.3) is 0 Å². The van der Waals surface area contributed by atoms with Gasteiger partial charge in [0.2, 0.25) is 0 Å². The lowest BCUT2D eigenvalue weighted by atomic mass is 10.3. The van der Waals surface area contributed by atoms with E-state index in [0.717, 1.165) is 0 Å². The zero-order chi connectivity index (χ0) is 9.84. The van der Waals surface area contributed by atoms with Crippen LogP contribution in [0, 0.1) is 0 Å². The van der Waals surface area contributed by atoms with Gasteiger partial charge < -0.3 is 16.2 Å². The van der Waals surface area contributed by atoms with Gasteiger partial charge in [-0.1, -0.05) is 23.8 Å². The largest absolute Gasteiger partial charge is 0.485 e. The quantitative estimate of drug-likeness (QED) is 0.595. The van der Waals surface area contributed by atoms with Crippen molar-refractivity contribution in [2.75, 3.05) is 12.3 Å². The third kappa shape index (κ3) is 3.08. The molecule has 13 heavy (non-hydrogen) atoms. The van der Waals surface area contributed by atoms with Gasteiger partial charge >= 0.3 is 0 Å². The summed E-state index contributed by atoms with van der Waals surface area (Å²) in [5, 5.41) is 0.455. The number of rotatable bonds is 3. The van der Waals surface area contributed by atoms with Gasteiger partial charge in [-0.3, -0.25) is 0 Å². The molecule has 0 aromatic heterocycles. The van der Waals surface area contributed by atoms with E-state index in [1.807, 2.05) is 0 Å². The lowest BCUT2D eigenvalue weighted by molar-refractivity contribution is 0.378. The highest BCUT2D eigenvalue weighted by atomic mass is 35.5. The van der Waals surface area contributed by atoms with Crippen LogP contribution in [0.2, 0.25) is 5.02 Å². The van der Waals surface area contributed by atoms with Crippen LogP contribution >= 0.6 is 23.8 Å². The summed E-state index contributed by atoms with van der Waals surface area (Å²) in [6, 6.07) is 4.98. The molecule has 5 heteroatoms. The molecule has 0 spiro atoms. The second kappa shape index (κ2) is 4.30. The number of anilines is 1. The minimum absolute atomic E-state index is 0.180. The second-order valence-corrected chi connectivity index (χ2v) is 3.38. The van der Waals surface area contributed by atoms with Crippen LogP contribution in [-0.2, 0) is 0 Å². The Morgan fingerprint density at radius 1 is 1.54 bits per heavy atom. The number of halogens is 1. The molecule has 0 saturated heterocycles. The predicted molar refractivity (Wildman–Crippen MR) is 58.1 cm³/mol. The lowest BCUT2D eigenvalue weighted by Gasteiger charge is -2.06. The summed E-state index contributed by atoms with van der Waals surface area (Å²) >= 11 is 10.5. The monoisotopic (exact) mass is 216 g/mol. The second-order valence-electron chi connectivity index (χ2n) is 2.44. The first-order chi connectivity index (χ1) is 6.09. The molecule has 4 N–H and O–H groups in total. The van der Waals surface area contributed by atoms with E-state index < -0.39 is 0 Å². The Morgan fingerprint density at radius 3 is 2.77 bits per heavy atom. The van der Waals surface area contributed by atoms with Crippen molar-refractivity contribution < 1.29 is 4.74 Å². The topological polar surface area (TPSA) is 61.3 Å². The van der Waals surface area contributed by atoms with Crippen molar-refractivity contribution in [2.24, 2.45) is 5.73 Å². The summed E-state index contributed by atoms with van der Waals surface area (Å²) in [6.07, 6.45) is 0. The highest BCUT2D eigenvalue weighted by Crippen LogP contribution is 2.26. The number of hydrogen-bond acceptors (Lipinski definition) is 3. The molecular weight excluding hydrogens is 208 g/mol. The van der Waals surface area contributed by atoms with Crippen LogP contribution in [0.3, 0.4) is 0 Å². The first kappa shape index (κ1) is 10.1. The molecule has 3 nitrogen and oxygen atoms in total. The van der Waals surface area contributed by atoms with Gasteiger partial charge in [0.05, 0.1) is 5.02 Å². The first-order valence-electron chi connectivity index (χ1n) is 3.55. The minimum Gasteiger partial charge on any atom is -0.485 e. The van der Waals surface area contributed by atoms with Gasteiger partial charge in [-0.15, -0.1) is 0 Å². The molecule has 1 aromatic rings. The van der Waals surface area contributed by atoms with E-state index in [1.54, 1.807) is 18.2 Å². The number of nitrogen functional groups attached to an aromatic ring is 1. The summed E-state index contributed by atoms with van der Waals surface area (Å²) in [5.74, 6) is 0.531. The van der Waals surface area contributed by atoms with Crippen molar-refractivity contribution in [1.82, 2.24) is 0 Å². The van der Waals surface area contributed by atoms with Gasteiger partial charge in [-0.05, 0) is 18.2 Å². The molecular formula is C8H9ClN2OS. The molecule has 0 bridgehead atoms. The smallest absolute Gasteiger partial charge is 0.138 e. The molecule has 0 saturated carbocycles. The molecule has 0 fully saturated rings. The summed E-state index contributed by atoms with van der Waals surface area (Å²) < 4.78 is 5.20. The number of ether oxygens (including phenoxy) is 1. The van der Waals surface area contributed by atoms with E-state index in [9.17, 15) is 0 Å². The van der Waals surface area contributed by atoms with Crippen LogP contribution in [0.15, 0.2) is 18.2 Å². The maximum absolute atomic E-state index is 5.82. The maximum Gasteiger partial charge on any atom is 0.138 e. The molecule has 0 aliphatic heterocycles. The average molecular weight is 217 g/mol.